The number of hydrogen-bond donors (Lipinski definition) is 4. The van der Waals surface area contributed by atoms with Crippen LogP contribution in [0.3, 0.4) is 0 Å². The highest BCUT2D eigenvalue weighted by Crippen LogP contribution is 2.49. The van der Waals surface area contributed by atoms with Crippen LogP contribution >= 0.6 is 22.6 Å². The van der Waals surface area contributed by atoms with Gasteiger partial charge < -0.3 is 22.9 Å². The third kappa shape index (κ3) is 1.40. The lowest BCUT2D eigenvalue weighted by molar-refractivity contribution is -0.132. The molecule has 0 heterocycles. The monoisotopic (exact) mass is 338 g/mol. The predicted molar refractivity (Wildman–Crippen MR) is 70.5 cm³/mol. The summed E-state index contributed by atoms with van der Waals surface area (Å²) in [6, 6.07) is 0. The Labute approximate surface area is 109 Å². The van der Waals surface area contributed by atoms with Crippen molar-refractivity contribution in [3.8, 4) is 0 Å². The SMILES string of the molecule is NC1(N)C(=O)CC2CCCCC2(N)C1(N)I. The van der Waals surface area contributed by atoms with Crippen LogP contribution < -0.4 is 22.9 Å². The van der Waals surface area contributed by atoms with Gasteiger partial charge in [-0.2, -0.15) is 0 Å². The molecule has 2 aliphatic rings. The molecular formula is C10H19IN4O. The molecule has 0 aliphatic heterocycles. The summed E-state index contributed by atoms with van der Waals surface area (Å²) < 4.78 is -1.07. The Bertz CT molecular complexity index is 331. The van der Waals surface area contributed by atoms with E-state index >= 15 is 0 Å². The van der Waals surface area contributed by atoms with Gasteiger partial charge in [0.05, 0.1) is 0 Å². The maximum absolute atomic E-state index is 11.9. The topological polar surface area (TPSA) is 121 Å². The smallest absolute Gasteiger partial charge is 0.170 e. The molecule has 0 bridgehead atoms. The van der Waals surface area contributed by atoms with Crippen LogP contribution in [0.25, 0.3) is 0 Å². The lowest BCUT2D eigenvalue weighted by atomic mass is 9.59. The fourth-order valence-electron chi connectivity index (χ4n) is 3.01. The van der Waals surface area contributed by atoms with E-state index in [-0.39, 0.29) is 11.7 Å². The minimum Gasteiger partial charge on any atom is -0.323 e. The van der Waals surface area contributed by atoms with Crippen molar-refractivity contribution in [3.05, 3.63) is 0 Å². The van der Waals surface area contributed by atoms with Crippen LogP contribution in [0, 0.1) is 5.92 Å². The van der Waals surface area contributed by atoms with Gasteiger partial charge in [-0.3, -0.25) is 4.79 Å². The van der Waals surface area contributed by atoms with Crippen molar-refractivity contribution < 1.29 is 4.79 Å². The van der Waals surface area contributed by atoms with E-state index in [1.165, 1.54) is 0 Å². The predicted octanol–water partition coefficient (Wildman–Crippen LogP) is -0.449. The molecule has 3 unspecified atom stereocenters. The number of carbonyl (C=O) groups excluding carboxylic acids is 1. The Morgan fingerprint density at radius 2 is 1.81 bits per heavy atom. The number of fused-ring (bicyclic) bond motifs is 1. The van der Waals surface area contributed by atoms with Gasteiger partial charge in [0.2, 0.25) is 0 Å². The summed E-state index contributed by atoms with van der Waals surface area (Å²) in [4.78, 5) is 11.9. The number of carbonyl (C=O) groups is 1. The normalized spacial score (nSPS) is 47.6. The highest BCUT2D eigenvalue weighted by Gasteiger charge is 2.65. The van der Waals surface area contributed by atoms with E-state index < -0.39 is 14.7 Å². The average Bonchev–Trinajstić information content (AvgIpc) is 2.19. The summed E-state index contributed by atoms with van der Waals surface area (Å²) >= 11 is 1.98. The molecule has 0 aromatic carbocycles. The molecule has 6 heteroatoms. The first kappa shape index (κ1) is 12.7. The highest BCUT2D eigenvalue weighted by molar-refractivity contribution is 14.1. The Morgan fingerprint density at radius 3 is 2.44 bits per heavy atom. The van der Waals surface area contributed by atoms with Crippen LogP contribution in [0.5, 0.6) is 0 Å². The summed E-state index contributed by atoms with van der Waals surface area (Å²) in [5.41, 5.74) is 22.3. The second-order valence-electron chi connectivity index (χ2n) is 5.19. The van der Waals surface area contributed by atoms with E-state index in [9.17, 15) is 4.79 Å². The first-order valence-corrected chi connectivity index (χ1v) is 6.69. The first-order chi connectivity index (χ1) is 7.23. The fraction of sp³-hybridized carbons (Fsp3) is 0.900. The van der Waals surface area contributed by atoms with Crippen LogP contribution in [0.15, 0.2) is 0 Å². The molecule has 3 atom stereocenters. The third-order valence-electron chi connectivity index (χ3n) is 4.29. The standard InChI is InChI=1S/C10H19IN4O/c11-10(15)8(12)4-2-1-3-6(8)5-7(16)9(10,13)14/h6H,1-5,12-15H2. The lowest BCUT2D eigenvalue weighted by Gasteiger charge is -2.58. The molecule has 5 nitrogen and oxygen atoms in total. The minimum atomic E-state index is -1.52. The zero-order chi connectivity index (χ0) is 12.2. The van der Waals surface area contributed by atoms with Gasteiger partial charge in [-0.05, 0) is 18.8 Å². The number of alkyl halides is 1. The van der Waals surface area contributed by atoms with Crippen LogP contribution in [0.1, 0.15) is 32.1 Å². The van der Waals surface area contributed by atoms with Gasteiger partial charge in [0, 0.05) is 12.0 Å². The number of Topliss-reactive ketones (excluding diaryl/α,β-unsaturated/α-hetero) is 1. The number of nitrogens with two attached hydrogens (primary N) is 4. The van der Waals surface area contributed by atoms with Crippen molar-refractivity contribution in [2.75, 3.05) is 0 Å². The van der Waals surface area contributed by atoms with Crippen molar-refractivity contribution in [1.82, 2.24) is 0 Å². The molecule has 0 aromatic heterocycles. The summed E-state index contributed by atoms with van der Waals surface area (Å²) in [5, 5.41) is 0. The molecule has 2 fully saturated rings. The Hall–Kier alpha value is 0.240. The second-order valence-corrected chi connectivity index (χ2v) is 6.89. The zero-order valence-electron chi connectivity index (χ0n) is 9.21. The molecule has 0 aromatic rings. The van der Waals surface area contributed by atoms with E-state index in [1.807, 2.05) is 22.6 Å². The van der Waals surface area contributed by atoms with E-state index in [1.54, 1.807) is 0 Å². The summed E-state index contributed by atoms with van der Waals surface area (Å²) in [5.74, 6) is -0.0479. The van der Waals surface area contributed by atoms with Crippen molar-refractivity contribution in [3.63, 3.8) is 0 Å². The first-order valence-electron chi connectivity index (χ1n) is 5.61. The van der Waals surface area contributed by atoms with Crippen molar-refractivity contribution in [2.24, 2.45) is 28.9 Å². The van der Waals surface area contributed by atoms with Gasteiger partial charge in [0.1, 0.15) is 3.55 Å². The largest absolute Gasteiger partial charge is 0.323 e. The van der Waals surface area contributed by atoms with Gasteiger partial charge >= 0.3 is 0 Å². The quantitative estimate of drug-likeness (QED) is 0.206. The lowest BCUT2D eigenvalue weighted by Crippen LogP contribution is -2.86. The molecule has 92 valence electrons. The van der Waals surface area contributed by atoms with Crippen molar-refractivity contribution in [1.29, 1.82) is 0 Å². The number of rotatable bonds is 0. The van der Waals surface area contributed by atoms with Crippen LogP contribution in [-0.2, 0) is 4.79 Å². The molecule has 16 heavy (non-hydrogen) atoms. The van der Waals surface area contributed by atoms with Crippen LogP contribution in [0.2, 0.25) is 0 Å². The van der Waals surface area contributed by atoms with Gasteiger partial charge in [0.25, 0.3) is 0 Å². The zero-order valence-corrected chi connectivity index (χ0v) is 11.4. The maximum atomic E-state index is 11.9. The van der Waals surface area contributed by atoms with Gasteiger partial charge in [-0.15, -0.1) is 0 Å². The van der Waals surface area contributed by atoms with Crippen molar-refractivity contribution >= 4 is 28.4 Å². The fourth-order valence-corrected chi connectivity index (χ4v) is 4.02. The summed E-state index contributed by atoms with van der Waals surface area (Å²) in [6.45, 7) is 0. The maximum Gasteiger partial charge on any atom is 0.170 e. The molecule has 0 saturated heterocycles. The number of halogens is 1. The van der Waals surface area contributed by atoms with E-state index in [4.69, 9.17) is 22.9 Å². The van der Waals surface area contributed by atoms with E-state index in [0.29, 0.717) is 6.42 Å². The van der Waals surface area contributed by atoms with Crippen LogP contribution in [-0.4, -0.2) is 20.5 Å². The Balaban J connectivity index is 2.46. The average molecular weight is 338 g/mol. The molecule has 0 spiro atoms. The molecule has 8 N–H and O–H groups in total. The molecule has 2 aliphatic carbocycles. The minimum absolute atomic E-state index is 0.121. The molecule has 2 rings (SSSR count). The number of hydrogen-bond acceptors (Lipinski definition) is 5. The van der Waals surface area contributed by atoms with E-state index in [0.717, 1.165) is 25.7 Å². The Kier molecular flexibility index (Phi) is 2.87. The van der Waals surface area contributed by atoms with Crippen molar-refractivity contribution in [2.45, 2.75) is 46.9 Å². The van der Waals surface area contributed by atoms with Crippen LogP contribution in [0.4, 0.5) is 0 Å². The molecule has 0 amide bonds. The van der Waals surface area contributed by atoms with Gasteiger partial charge in [0.15, 0.2) is 11.4 Å². The molecule has 2 saturated carbocycles. The Morgan fingerprint density at radius 1 is 1.19 bits per heavy atom. The molecular weight excluding hydrogens is 319 g/mol. The van der Waals surface area contributed by atoms with E-state index in [2.05, 4.69) is 0 Å². The second kappa shape index (κ2) is 3.61. The number of ketones is 1. The molecule has 0 radical (unpaired) electrons. The summed E-state index contributed by atoms with van der Waals surface area (Å²) in [6.07, 6.45) is 4.23. The third-order valence-corrected chi connectivity index (χ3v) is 6.19. The van der Waals surface area contributed by atoms with Gasteiger partial charge in [-0.1, -0.05) is 35.4 Å². The summed E-state index contributed by atoms with van der Waals surface area (Å²) in [7, 11) is 0. The van der Waals surface area contributed by atoms with Gasteiger partial charge in [-0.25, -0.2) is 0 Å². The highest BCUT2D eigenvalue weighted by atomic mass is 127.